The molecule has 1 aliphatic rings. The van der Waals surface area contributed by atoms with E-state index in [1.54, 1.807) is 12.4 Å². The number of hydrogen-bond donors (Lipinski definition) is 2. The number of carbonyl (C=O) groups is 1. The van der Waals surface area contributed by atoms with Crippen LogP contribution in [0.15, 0.2) is 60.9 Å². The molecule has 0 atom stereocenters. The highest BCUT2D eigenvalue weighted by molar-refractivity contribution is 6.05. The summed E-state index contributed by atoms with van der Waals surface area (Å²) < 4.78 is 6.00. The third-order valence-corrected chi connectivity index (χ3v) is 6.74. The summed E-state index contributed by atoms with van der Waals surface area (Å²) in [5.74, 6) is 1.01. The number of pyridine rings is 1. The number of nitrogens with one attached hydrogen (secondary N) is 1. The Kier molecular flexibility index (Phi) is 7.56. The van der Waals surface area contributed by atoms with E-state index in [1.165, 1.54) is 32.4 Å². The third kappa shape index (κ3) is 6.03. The number of rotatable bonds is 8. The molecule has 3 N–H and O–H groups in total. The highest BCUT2D eigenvalue weighted by Crippen LogP contribution is 2.28. The molecule has 0 bridgehead atoms. The fourth-order valence-corrected chi connectivity index (χ4v) is 4.72. The molecule has 2 aromatic heterocycles. The maximum absolute atomic E-state index is 13.2. The molecular weight excluding hydrogens is 464 g/mol. The molecule has 8 nitrogen and oxygen atoms in total. The molecule has 37 heavy (non-hydrogen) atoms. The van der Waals surface area contributed by atoms with Crippen molar-refractivity contribution in [3.05, 3.63) is 72.1 Å². The molecular formula is C29H32N6O2. The van der Waals surface area contributed by atoms with Crippen molar-refractivity contribution in [3.63, 3.8) is 0 Å². The fourth-order valence-electron chi connectivity index (χ4n) is 4.72. The number of aryl methyl sites for hydroxylation is 1. The average molecular weight is 497 g/mol. The topological polar surface area (TPSA) is 106 Å². The van der Waals surface area contributed by atoms with E-state index in [4.69, 9.17) is 10.5 Å². The number of aromatic nitrogens is 3. The number of benzene rings is 2. The molecule has 1 fully saturated rings. The molecule has 2 aromatic carbocycles. The zero-order valence-electron chi connectivity index (χ0n) is 21.1. The summed E-state index contributed by atoms with van der Waals surface area (Å²) >= 11 is 0. The second-order valence-electron chi connectivity index (χ2n) is 9.44. The van der Waals surface area contributed by atoms with Gasteiger partial charge in [0.15, 0.2) is 11.6 Å². The van der Waals surface area contributed by atoms with Crippen LogP contribution in [-0.4, -0.2) is 52.0 Å². The molecule has 0 aliphatic carbocycles. The summed E-state index contributed by atoms with van der Waals surface area (Å²) in [6, 6.07) is 15.2. The Labute approximate surface area is 216 Å². The second kappa shape index (κ2) is 11.3. The number of fused-ring (bicyclic) bond motifs is 1. The van der Waals surface area contributed by atoms with Gasteiger partial charge < -0.3 is 20.7 Å². The number of carbonyl (C=O) groups excluding carboxylic acids is 1. The van der Waals surface area contributed by atoms with Gasteiger partial charge in [0.2, 0.25) is 5.95 Å². The number of nitrogens with zero attached hydrogens (tertiary/aromatic N) is 4. The minimum absolute atomic E-state index is 0.241. The average Bonchev–Trinajstić information content (AvgIpc) is 2.92. The van der Waals surface area contributed by atoms with Crippen molar-refractivity contribution >= 4 is 28.6 Å². The molecule has 0 saturated carbocycles. The Balaban J connectivity index is 1.28. The van der Waals surface area contributed by atoms with Gasteiger partial charge in [-0.3, -0.25) is 4.79 Å². The van der Waals surface area contributed by atoms with Crippen molar-refractivity contribution < 1.29 is 9.53 Å². The van der Waals surface area contributed by atoms with Crippen molar-refractivity contribution in [2.75, 3.05) is 37.3 Å². The molecule has 190 valence electrons. The summed E-state index contributed by atoms with van der Waals surface area (Å²) in [4.78, 5) is 28.4. The lowest BCUT2D eigenvalue weighted by Gasteiger charge is -2.26. The van der Waals surface area contributed by atoms with Crippen LogP contribution in [0.4, 0.5) is 11.8 Å². The number of hydrogen-bond acceptors (Lipinski definition) is 7. The number of ether oxygens (including phenoxy) is 1. The first kappa shape index (κ1) is 24.6. The number of nitrogens with two attached hydrogens (primary N) is 1. The molecule has 1 amide bonds. The molecule has 5 rings (SSSR count). The quantitative estimate of drug-likeness (QED) is 0.327. The van der Waals surface area contributed by atoms with Crippen molar-refractivity contribution in [3.8, 4) is 16.9 Å². The highest BCUT2D eigenvalue weighted by atomic mass is 16.5. The zero-order valence-corrected chi connectivity index (χ0v) is 21.1. The van der Waals surface area contributed by atoms with E-state index in [0.29, 0.717) is 23.7 Å². The van der Waals surface area contributed by atoms with E-state index >= 15 is 0 Å². The lowest BCUT2D eigenvalue weighted by molar-refractivity contribution is 0.102. The number of anilines is 2. The third-order valence-electron chi connectivity index (χ3n) is 6.74. The van der Waals surface area contributed by atoms with E-state index in [0.717, 1.165) is 40.6 Å². The van der Waals surface area contributed by atoms with E-state index in [2.05, 4.69) is 25.2 Å². The Bertz CT molecular complexity index is 1400. The van der Waals surface area contributed by atoms with Gasteiger partial charge in [0.25, 0.3) is 5.91 Å². The van der Waals surface area contributed by atoms with Crippen LogP contribution in [-0.2, 0) is 0 Å². The van der Waals surface area contributed by atoms with Gasteiger partial charge in [-0.1, -0.05) is 18.6 Å². The number of likely N-dealkylation sites (tertiary alicyclic amines) is 1. The first-order valence-corrected chi connectivity index (χ1v) is 12.8. The SMILES string of the molecule is Cc1ccc(C(=O)Nc2ncccc2OCCCN2CCCCC2)cc1-c1ccc2nc(N)ncc2c1. The van der Waals surface area contributed by atoms with Crippen LogP contribution >= 0.6 is 0 Å². The summed E-state index contributed by atoms with van der Waals surface area (Å²) in [7, 11) is 0. The maximum Gasteiger partial charge on any atom is 0.256 e. The van der Waals surface area contributed by atoms with Crippen LogP contribution < -0.4 is 15.8 Å². The predicted molar refractivity (Wildman–Crippen MR) is 147 cm³/mol. The first-order chi connectivity index (χ1) is 18.1. The summed E-state index contributed by atoms with van der Waals surface area (Å²) in [6.45, 7) is 5.98. The molecule has 0 unspecified atom stereocenters. The van der Waals surface area contributed by atoms with E-state index < -0.39 is 0 Å². The minimum atomic E-state index is -0.241. The highest BCUT2D eigenvalue weighted by Gasteiger charge is 2.14. The van der Waals surface area contributed by atoms with Crippen molar-refractivity contribution in [2.45, 2.75) is 32.6 Å². The molecule has 0 spiro atoms. The smallest absolute Gasteiger partial charge is 0.256 e. The number of nitrogen functional groups attached to an aromatic ring is 1. The largest absolute Gasteiger partial charge is 0.490 e. The van der Waals surface area contributed by atoms with Gasteiger partial charge in [-0.2, -0.15) is 0 Å². The molecule has 3 heterocycles. The Hall–Kier alpha value is -4.04. The Morgan fingerprint density at radius 2 is 1.95 bits per heavy atom. The van der Waals surface area contributed by atoms with Gasteiger partial charge in [-0.15, -0.1) is 0 Å². The fraction of sp³-hybridized carbons (Fsp3) is 0.310. The normalized spacial score (nSPS) is 14.0. The Morgan fingerprint density at radius 1 is 1.08 bits per heavy atom. The summed E-state index contributed by atoms with van der Waals surface area (Å²) in [5.41, 5.74) is 10.0. The molecule has 8 heteroatoms. The lowest BCUT2D eigenvalue weighted by Crippen LogP contribution is -2.31. The molecule has 0 radical (unpaired) electrons. The van der Waals surface area contributed by atoms with Gasteiger partial charge >= 0.3 is 0 Å². The standard InChI is InChI=1S/C29H32N6O2/c1-20-8-9-22(18-24(20)21-10-11-25-23(17-21)19-32-29(30)33-25)28(36)34-27-26(7-5-12-31-27)37-16-6-15-35-13-3-2-4-14-35/h5,7-12,17-19H,2-4,6,13-16H2,1H3,(H2,30,32,33)(H,31,34,36). The van der Waals surface area contributed by atoms with Crippen LogP contribution in [0.25, 0.3) is 22.0 Å². The molecule has 1 saturated heterocycles. The number of amides is 1. The van der Waals surface area contributed by atoms with Crippen LogP contribution in [0, 0.1) is 6.92 Å². The van der Waals surface area contributed by atoms with Crippen LogP contribution in [0.2, 0.25) is 0 Å². The maximum atomic E-state index is 13.2. The van der Waals surface area contributed by atoms with E-state index in [1.807, 2.05) is 55.5 Å². The molecule has 1 aliphatic heterocycles. The number of piperidine rings is 1. The first-order valence-electron chi connectivity index (χ1n) is 12.8. The van der Waals surface area contributed by atoms with Crippen molar-refractivity contribution in [1.82, 2.24) is 19.9 Å². The minimum Gasteiger partial charge on any atom is -0.490 e. The van der Waals surface area contributed by atoms with Gasteiger partial charge in [0.1, 0.15) is 0 Å². The van der Waals surface area contributed by atoms with Crippen molar-refractivity contribution in [1.29, 1.82) is 0 Å². The summed E-state index contributed by atoms with van der Waals surface area (Å²) in [6.07, 6.45) is 8.20. The van der Waals surface area contributed by atoms with Gasteiger partial charge in [-0.25, -0.2) is 15.0 Å². The van der Waals surface area contributed by atoms with Gasteiger partial charge in [0.05, 0.1) is 12.1 Å². The van der Waals surface area contributed by atoms with Crippen molar-refractivity contribution in [2.24, 2.45) is 0 Å². The summed E-state index contributed by atoms with van der Waals surface area (Å²) in [5, 5.41) is 3.82. The van der Waals surface area contributed by atoms with Gasteiger partial charge in [0, 0.05) is 29.9 Å². The van der Waals surface area contributed by atoms with E-state index in [-0.39, 0.29) is 11.9 Å². The van der Waals surface area contributed by atoms with Gasteiger partial charge in [-0.05, 0) is 92.4 Å². The Morgan fingerprint density at radius 3 is 2.81 bits per heavy atom. The monoisotopic (exact) mass is 496 g/mol. The molecule has 4 aromatic rings. The second-order valence-corrected chi connectivity index (χ2v) is 9.44. The zero-order chi connectivity index (χ0) is 25.6. The van der Waals surface area contributed by atoms with Crippen LogP contribution in [0.3, 0.4) is 0 Å². The van der Waals surface area contributed by atoms with Crippen LogP contribution in [0.1, 0.15) is 41.6 Å². The lowest BCUT2D eigenvalue weighted by atomic mass is 9.97. The predicted octanol–water partition coefficient (Wildman–Crippen LogP) is 5.09. The van der Waals surface area contributed by atoms with Crippen LogP contribution in [0.5, 0.6) is 5.75 Å². The van der Waals surface area contributed by atoms with E-state index in [9.17, 15) is 4.79 Å².